The molecule has 0 fully saturated rings. The van der Waals surface area contributed by atoms with Crippen LogP contribution in [0.1, 0.15) is 82.1 Å². The summed E-state index contributed by atoms with van der Waals surface area (Å²) in [6, 6.07) is 0. The zero-order valence-electron chi connectivity index (χ0n) is 18.6. The molecule has 1 nitrogen and oxygen atoms in total. The van der Waals surface area contributed by atoms with E-state index in [2.05, 4.69) is 55.0 Å². The third-order valence-corrected chi connectivity index (χ3v) is 7.10. The van der Waals surface area contributed by atoms with Crippen molar-refractivity contribution in [3.05, 3.63) is 35.5 Å². The van der Waals surface area contributed by atoms with Crippen molar-refractivity contribution in [2.75, 3.05) is 11.5 Å². The highest BCUT2D eigenvalue weighted by atomic mass is 32.2. The molecule has 0 radical (unpaired) electrons. The average Bonchev–Trinajstić information content (AvgIpc) is 2.50. The Hall–Kier alpha value is -0.760. The Balaban J connectivity index is 0. The van der Waals surface area contributed by atoms with Gasteiger partial charge < -0.3 is 0 Å². The Morgan fingerprint density at radius 3 is 1.88 bits per heavy atom. The molecule has 0 N–H and O–H groups in total. The second-order valence-electron chi connectivity index (χ2n) is 7.70. The fraction of sp³-hybridized carbons (Fsp3) is 0.696. The minimum atomic E-state index is -0.00932. The lowest BCUT2D eigenvalue weighted by Crippen LogP contribution is -2.44. The maximum absolute atomic E-state index is 13.2. The predicted molar refractivity (Wildman–Crippen MR) is 120 cm³/mol. The third-order valence-electron chi connectivity index (χ3n) is 3.84. The topological polar surface area (TPSA) is 17.1 Å². The van der Waals surface area contributed by atoms with E-state index in [4.69, 9.17) is 0 Å². The van der Waals surface area contributed by atoms with Crippen molar-refractivity contribution in [3.8, 4) is 0 Å². The van der Waals surface area contributed by atoms with Crippen molar-refractivity contribution in [3.63, 3.8) is 0 Å². The summed E-state index contributed by atoms with van der Waals surface area (Å²) in [4.78, 5) is 13.2. The maximum atomic E-state index is 13.2. The SMILES string of the molecule is C=C(C)/C(C)=C\C(=C/C)C(=O)C([S+](CC)CCC)C(C)(C)C.CCC. The normalized spacial score (nSPS) is 15.1. The first kappa shape index (κ1) is 26.5. The van der Waals surface area contributed by atoms with Crippen LogP contribution in [0, 0.1) is 5.41 Å². The molecule has 0 saturated carbocycles. The van der Waals surface area contributed by atoms with Crippen LogP contribution in [-0.2, 0) is 15.7 Å². The van der Waals surface area contributed by atoms with Crippen LogP contribution in [0.3, 0.4) is 0 Å². The lowest BCUT2D eigenvalue weighted by atomic mass is 9.86. The van der Waals surface area contributed by atoms with Crippen LogP contribution in [0.15, 0.2) is 35.5 Å². The van der Waals surface area contributed by atoms with Crippen LogP contribution in [0.25, 0.3) is 0 Å². The second-order valence-corrected chi connectivity index (χ2v) is 10.2. The zero-order valence-corrected chi connectivity index (χ0v) is 19.4. The van der Waals surface area contributed by atoms with Crippen LogP contribution < -0.4 is 0 Å². The van der Waals surface area contributed by atoms with E-state index in [1.165, 1.54) is 6.42 Å². The summed E-state index contributed by atoms with van der Waals surface area (Å²) in [7, 11) is 0.141. The number of ketones is 1. The molecule has 0 aromatic carbocycles. The third kappa shape index (κ3) is 10.1. The lowest BCUT2D eigenvalue weighted by molar-refractivity contribution is -0.116. The first-order valence-corrected chi connectivity index (χ1v) is 11.3. The number of allylic oxidation sites excluding steroid dienone is 5. The van der Waals surface area contributed by atoms with E-state index in [9.17, 15) is 4.79 Å². The Kier molecular flexibility index (Phi) is 14.2. The summed E-state index contributed by atoms with van der Waals surface area (Å²) < 4.78 is 0. The van der Waals surface area contributed by atoms with E-state index in [-0.39, 0.29) is 21.6 Å². The molecule has 2 unspecified atom stereocenters. The molecular formula is C23H43OS+. The predicted octanol–water partition coefficient (Wildman–Crippen LogP) is 6.90. The Labute approximate surface area is 161 Å². The number of rotatable bonds is 8. The number of Topliss-reactive ketones (excluding diaryl/α,β-unsaturated/α-hetero) is 1. The number of hydrogen-bond acceptors (Lipinski definition) is 1. The van der Waals surface area contributed by atoms with Crippen molar-refractivity contribution in [1.29, 1.82) is 0 Å². The van der Waals surface area contributed by atoms with Gasteiger partial charge in [0.1, 0.15) is 11.5 Å². The molecule has 0 saturated heterocycles. The zero-order chi connectivity index (χ0) is 20.2. The summed E-state index contributed by atoms with van der Waals surface area (Å²) >= 11 is 0. The molecule has 2 heteroatoms. The van der Waals surface area contributed by atoms with Gasteiger partial charge in [-0.2, -0.15) is 0 Å². The molecule has 2 atom stereocenters. The number of carbonyl (C=O) groups excluding carboxylic acids is 1. The molecule has 0 aliphatic rings. The number of hydrogen-bond donors (Lipinski definition) is 0. The van der Waals surface area contributed by atoms with Crippen LogP contribution in [0.2, 0.25) is 0 Å². The molecule has 146 valence electrons. The van der Waals surface area contributed by atoms with Crippen LogP contribution >= 0.6 is 0 Å². The summed E-state index contributed by atoms with van der Waals surface area (Å²) in [5, 5.41) is 0.0952. The number of carbonyl (C=O) groups is 1. The van der Waals surface area contributed by atoms with Crippen molar-refractivity contribution in [1.82, 2.24) is 0 Å². The van der Waals surface area contributed by atoms with Crippen LogP contribution in [-0.4, -0.2) is 22.5 Å². The average molecular weight is 368 g/mol. The van der Waals surface area contributed by atoms with E-state index in [0.717, 1.165) is 34.6 Å². The van der Waals surface area contributed by atoms with Gasteiger partial charge in [0.05, 0.1) is 0 Å². The van der Waals surface area contributed by atoms with Gasteiger partial charge in [-0.1, -0.05) is 66.2 Å². The molecule has 25 heavy (non-hydrogen) atoms. The minimum Gasteiger partial charge on any atom is -0.288 e. The Bertz CT molecular complexity index is 463. The first-order chi connectivity index (χ1) is 11.5. The summed E-state index contributed by atoms with van der Waals surface area (Å²) in [5.74, 6) is 2.53. The highest BCUT2D eigenvalue weighted by Crippen LogP contribution is 2.31. The minimum absolute atomic E-state index is 0.00932. The Morgan fingerprint density at radius 1 is 1.12 bits per heavy atom. The van der Waals surface area contributed by atoms with Gasteiger partial charge in [-0.15, -0.1) is 0 Å². The molecular weight excluding hydrogens is 324 g/mol. The van der Waals surface area contributed by atoms with Gasteiger partial charge in [-0.25, -0.2) is 0 Å². The van der Waals surface area contributed by atoms with Gasteiger partial charge in [0.25, 0.3) is 0 Å². The molecule has 0 aromatic rings. The van der Waals surface area contributed by atoms with Gasteiger partial charge in [-0.05, 0) is 56.7 Å². The molecule has 0 bridgehead atoms. The molecule has 0 rings (SSSR count). The fourth-order valence-corrected chi connectivity index (χ4v) is 5.36. The fourth-order valence-electron chi connectivity index (χ4n) is 2.54. The van der Waals surface area contributed by atoms with Gasteiger partial charge in [-0.3, -0.25) is 4.79 Å². The molecule has 0 aliphatic heterocycles. The van der Waals surface area contributed by atoms with Gasteiger partial charge in [0.2, 0.25) is 5.78 Å². The van der Waals surface area contributed by atoms with E-state index >= 15 is 0 Å². The van der Waals surface area contributed by atoms with E-state index < -0.39 is 0 Å². The summed E-state index contributed by atoms with van der Waals surface area (Å²) in [6.45, 7) is 25.2. The summed E-state index contributed by atoms with van der Waals surface area (Å²) in [5.41, 5.74) is 2.93. The molecule has 0 aliphatic carbocycles. The molecule has 0 aromatic heterocycles. The smallest absolute Gasteiger partial charge is 0.215 e. The largest absolute Gasteiger partial charge is 0.288 e. The van der Waals surface area contributed by atoms with Crippen molar-refractivity contribution < 1.29 is 4.79 Å². The second kappa shape index (κ2) is 13.4. The van der Waals surface area contributed by atoms with Crippen LogP contribution in [0.5, 0.6) is 0 Å². The maximum Gasteiger partial charge on any atom is 0.215 e. The first-order valence-electron chi connectivity index (χ1n) is 9.72. The molecule has 0 amide bonds. The standard InChI is InChI=1S/C20H35OS.C3H8/c1-10-13-22(12-3)19(20(7,8)9)18(21)17(11-2)14-16(6)15(4)5;1-3-2/h11,14,19H,4,10,12-13H2,1-3,5-9H3;3H2,1-2H3/q+1;/b16-14-,17-11+;. The van der Waals surface area contributed by atoms with E-state index in [1.807, 2.05) is 32.9 Å². The highest BCUT2D eigenvalue weighted by Gasteiger charge is 2.44. The van der Waals surface area contributed by atoms with Gasteiger partial charge in [0.15, 0.2) is 5.25 Å². The van der Waals surface area contributed by atoms with Crippen LogP contribution in [0.4, 0.5) is 0 Å². The van der Waals surface area contributed by atoms with Crippen molar-refractivity contribution in [2.24, 2.45) is 5.41 Å². The molecule has 0 heterocycles. The van der Waals surface area contributed by atoms with Crippen molar-refractivity contribution in [2.45, 2.75) is 87.3 Å². The van der Waals surface area contributed by atoms with E-state index in [0.29, 0.717) is 5.78 Å². The quantitative estimate of drug-likeness (QED) is 0.259. The van der Waals surface area contributed by atoms with Gasteiger partial charge >= 0.3 is 0 Å². The summed E-state index contributed by atoms with van der Waals surface area (Å²) in [6.07, 6.45) is 6.35. The molecule has 0 spiro atoms. The monoisotopic (exact) mass is 367 g/mol. The Morgan fingerprint density at radius 2 is 1.60 bits per heavy atom. The van der Waals surface area contributed by atoms with Crippen molar-refractivity contribution >= 4 is 16.7 Å². The lowest BCUT2D eigenvalue weighted by Gasteiger charge is -2.29. The highest BCUT2D eigenvalue weighted by molar-refractivity contribution is 7.98. The van der Waals surface area contributed by atoms with Gasteiger partial charge in [0, 0.05) is 11.0 Å². The van der Waals surface area contributed by atoms with E-state index in [1.54, 1.807) is 0 Å².